The van der Waals surface area contributed by atoms with Gasteiger partial charge in [0.1, 0.15) is 5.82 Å². The molecule has 0 aliphatic carbocycles. The highest BCUT2D eigenvalue weighted by Crippen LogP contribution is 2.20. The first-order valence-corrected chi connectivity index (χ1v) is 9.97. The lowest BCUT2D eigenvalue weighted by atomic mass is 10.1. The van der Waals surface area contributed by atoms with E-state index in [0.717, 1.165) is 42.9 Å². The number of halogens is 1. The smallest absolute Gasteiger partial charge is 0.181 e. The van der Waals surface area contributed by atoms with Crippen LogP contribution in [0, 0.1) is 5.82 Å². The normalized spacial score (nSPS) is 14.7. The molecular weight excluding hydrogens is 379 g/mol. The number of aromatic nitrogens is 4. The third-order valence-electron chi connectivity index (χ3n) is 5.41. The van der Waals surface area contributed by atoms with Crippen LogP contribution in [0.25, 0.3) is 22.5 Å². The second-order valence-corrected chi connectivity index (χ2v) is 7.30. The molecule has 3 aromatic carbocycles. The first kappa shape index (κ1) is 18.3. The summed E-state index contributed by atoms with van der Waals surface area (Å²) in [5.41, 5.74) is 1.99. The van der Waals surface area contributed by atoms with Gasteiger partial charge in [-0.05, 0) is 57.6 Å². The summed E-state index contributed by atoms with van der Waals surface area (Å²) in [7, 11) is 0. The molecule has 0 atom stereocenters. The third kappa shape index (κ3) is 3.74. The second kappa shape index (κ2) is 7.94. The molecule has 0 bridgehead atoms. The Morgan fingerprint density at radius 1 is 0.800 bits per heavy atom. The lowest BCUT2D eigenvalue weighted by Gasteiger charge is -2.35. The second-order valence-electron chi connectivity index (χ2n) is 7.30. The van der Waals surface area contributed by atoms with Gasteiger partial charge in [-0.25, -0.2) is 4.39 Å². The van der Waals surface area contributed by atoms with Crippen LogP contribution in [-0.4, -0.2) is 51.3 Å². The van der Waals surface area contributed by atoms with Gasteiger partial charge in [-0.2, -0.15) is 4.68 Å². The van der Waals surface area contributed by atoms with Crippen molar-refractivity contribution >= 4 is 22.5 Å². The highest BCUT2D eigenvalue weighted by Gasteiger charge is 2.15. The first-order valence-electron chi connectivity index (χ1n) is 9.97. The monoisotopic (exact) mass is 400 g/mol. The van der Waals surface area contributed by atoms with E-state index < -0.39 is 0 Å². The third-order valence-corrected chi connectivity index (χ3v) is 5.41. The summed E-state index contributed by atoms with van der Waals surface area (Å²) in [4.78, 5) is 4.52. The van der Waals surface area contributed by atoms with Crippen molar-refractivity contribution in [3.63, 3.8) is 0 Å². The molecule has 7 heteroatoms. The highest BCUT2D eigenvalue weighted by molar-refractivity contribution is 5.84. The summed E-state index contributed by atoms with van der Waals surface area (Å²) in [6.45, 7) is 3.52. The number of benzene rings is 3. The van der Waals surface area contributed by atoms with Crippen LogP contribution in [0.3, 0.4) is 0 Å². The molecule has 2 heterocycles. The maximum atomic E-state index is 13.1. The van der Waals surface area contributed by atoms with Crippen LogP contribution in [0.4, 0.5) is 10.1 Å². The summed E-state index contributed by atoms with van der Waals surface area (Å²) in [5.74, 6) is 0.482. The van der Waals surface area contributed by atoms with Crippen LogP contribution in [0.1, 0.15) is 5.82 Å². The molecule has 30 heavy (non-hydrogen) atoms. The summed E-state index contributed by atoms with van der Waals surface area (Å²) >= 11 is 0. The van der Waals surface area contributed by atoms with Gasteiger partial charge < -0.3 is 9.80 Å². The summed E-state index contributed by atoms with van der Waals surface area (Å²) in [6, 6.07) is 21.1. The van der Waals surface area contributed by atoms with Gasteiger partial charge in [0.2, 0.25) is 0 Å². The molecule has 1 fully saturated rings. The van der Waals surface area contributed by atoms with E-state index in [-0.39, 0.29) is 5.82 Å². The molecule has 0 saturated carbocycles. The van der Waals surface area contributed by atoms with Gasteiger partial charge in [0.25, 0.3) is 0 Å². The van der Waals surface area contributed by atoms with E-state index in [2.05, 4.69) is 49.6 Å². The molecule has 1 aliphatic rings. The Morgan fingerprint density at radius 3 is 2.33 bits per heavy atom. The van der Waals surface area contributed by atoms with Gasteiger partial charge in [-0.15, -0.1) is 5.10 Å². The molecule has 1 aliphatic heterocycles. The highest BCUT2D eigenvalue weighted by atomic mass is 19.1. The fraction of sp³-hybridized carbons (Fsp3) is 0.174. The lowest BCUT2D eigenvalue weighted by molar-refractivity contribution is 0.351. The molecule has 4 aromatic rings. The van der Waals surface area contributed by atoms with E-state index in [1.54, 1.807) is 4.68 Å². The number of fused-ring (bicyclic) bond motifs is 1. The number of tetrazole rings is 1. The number of hydrogen-bond acceptors (Lipinski definition) is 5. The van der Waals surface area contributed by atoms with Gasteiger partial charge in [-0.3, -0.25) is 0 Å². The topological polar surface area (TPSA) is 50.1 Å². The molecular formula is C23H21FN6. The maximum absolute atomic E-state index is 13.1. The van der Waals surface area contributed by atoms with Crippen molar-refractivity contribution in [1.29, 1.82) is 0 Å². The predicted molar refractivity (Wildman–Crippen MR) is 116 cm³/mol. The first-order chi connectivity index (χ1) is 14.8. The van der Waals surface area contributed by atoms with Crippen molar-refractivity contribution in [2.24, 2.45) is 0 Å². The summed E-state index contributed by atoms with van der Waals surface area (Å²) in [5, 5.41) is 14.5. The Kier molecular flexibility index (Phi) is 4.85. The predicted octanol–water partition coefficient (Wildman–Crippen LogP) is 3.75. The zero-order chi connectivity index (χ0) is 20.3. The zero-order valence-electron chi connectivity index (χ0n) is 16.4. The molecule has 1 saturated heterocycles. The van der Waals surface area contributed by atoms with Gasteiger partial charge in [0.15, 0.2) is 5.82 Å². The summed E-state index contributed by atoms with van der Waals surface area (Å²) < 4.78 is 14.9. The van der Waals surface area contributed by atoms with Crippen LogP contribution in [0.15, 0.2) is 72.9 Å². The van der Waals surface area contributed by atoms with E-state index in [1.807, 2.05) is 42.6 Å². The van der Waals surface area contributed by atoms with E-state index in [9.17, 15) is 4.39 Å². The van der Waals surface area contributed by atoms with Gasteiger partial charge >= 0.3 is 0 Å². The van der Waals surface area contributed by atoms with Crippen molar-refractivity contribution in [2.45, 2.75) is 0 Å². The minimum atomic E-state index is -0.204. The minimum Gasteiger partial charge on any atom is -0.374 e. The molecule has 0 spiro atoms. The van der Waals surface area contributed by atoms with Crippen LogP contribution < -0.4 is 4.90 Å². The molecule has 1 aromatic heterocycles. The Labute approximate surface area is 173 Å². The Balaban J connectivity index is 1.28. The molecule has 5 rings (SSSR count). The van der Waals surface area contributed by atoms with E-state index in [1.165, 1.54) is 17.5 Å². The van der Waals surface area contributed by atoms with Crippen molar-refractivity contribution < 1.29 is 4.39 Å². The lowest BCUT2D eigenvalue weighted by Crippen LogP contribution is -2.44. The van der Waals surface area contributed by atoms with Crippen molar-refractivity contribution in [3.05, 3.63) is 84.6 Å². The number of nitrogens with zero attached hydrogens (tertiary/aromatic N) is 6. The largest absolute Gasteiger partial charge is 0.374 e. The molecule has 0 radical (unpaired) electrons. The van der Waals surface area contributed by atoms with Crippen LogP contribution >= 0.6 is 0 Å². The fourth-order valence-corrected chi connectivity index (χ4v) is 3.74. The Bertz CT molecular complexity index is 1180. The van der Waals surface area contributed by atoms with Gasteiger partial charge in [-0.1, -0.05) is 30.3 Å². The maximum Gasteiger partial charge on any atom is 0.181 e. The van der Waals surface area contributed by atoms with E-state index in [0.29, 0.717) is 5.82 Å². The SMILES string of the molecule is Fc1ccc(N2CCN(/C=C/c3nnnn3-c3ccc4ccccc4c3)CC2)cc1. The standard InChI is InChI=1S/C23H21FN6/c24-20-6-9-21(10-7-20)29-15-13-28(14-16-29)12-11-23-25-26-27-30(23)22-8-5-18-3-1-2-4-19(18)17-22/h1-12,17H,13-16H2/b12-11+. The molecule has 6 nitrogen and oxygen atoms in total. The fourth-order valence-electron chi connectivity index (χ4n) is 3.74. The average Bonchev–Trinajstić information content (AvgIpc) is 3.27. The van der Waals surface area contributed by atoms with Crippen molar-refractivity contribution in [1.82, 2.24) is 25.1 Å². The van der Waals surface area contributed by atoms with E-state index >= 15 is 0 Å². The average molecular weight is 400 g/mol. The van der Waals surface area contributed by atoms with Gasteiger partial charge in [0.05, 0.1) is 5.69 Å². The Morgan fingerprint density at radius 2 is 1.53 bits per heavy atom. The van der Waals surface area contributed by atoms with Crippen molar-refractivity contribution in [2.75, 3.05) is 31.1 Å². The Hall–Kier alpha value is -3.74. The molecule has 150 valence electrons. The quantitative estimate of drug-likeness (QED) is 0.522. The van der Waals surface area contributed by atoms with Crippen LogP contribution in [-0.2, 0) is 0 Å². The minimum absolute atomic E-state index is 0.204. The van der Waals surface area contributed by atoms with E-state index in [4.69, 9.17) is 0 Å². The van der Waals surface area contributed by atoms with Crippen molar-refractivity contribution in [3.8, 4) is 5.69 Å². The molecule has 0 unspecified atom stereocenters. The number of hydrogen-bond donors (Lipinski definition) is 0. The molecule has 0 amide bonds. The number of piperazine rings is 1. The van der Waals surface area contributed by atoms with Gasteiger partial charge in [0, 0.05) is 44.1 Å². The zero-order valence-corrected chi connectivity index (χ0v) is 16.4. The summed E-state index contributed by atoms with van der Waals surface area (Å²) in [6.07, 6.45) is 3.99. The number of rotatable bonds is 4. The van der Waals surface area contributed by atoms with Crippen LogP contribution in [0.5, 0.6) is 0 Å². The van der Waals surface area contributed by atoms with Crippen LogP contribution in [0.2, 0.25) is 0 Å². The number of anilines is 1. The molecule has 0 N–H and O–H groups in total.